The minimum Gasteiger partial charge on any atom is -0.236 e. The maximum atomic E-state index is 12.8. The zero-order valence-corrected chi connectivity index (χ0v) is 12.0. The van der Waals surface area contributed by atoms with Crippen molar-refractivity contribution in [3.05, 3.63) is 42.6 Å². The van der Waals surface area contributed by atoms with Crippen LogP contribution in [0.2, 0.25) is 0 Å². The first-order valence-corrected chi connectivity index (χ1v) is 7.10. The van der Waals surface area contributed by atoms with Crippen molar-refractivity contribution < 1.29 is 13.2 Å². The number of halogens is 3. The van der Waals surface area contributed by atoms with E-state index < -0.39 is 12.0 Å². The van der Waals surface area contributed by atoms with Crippen LogP contribution in [0.3, 0.4) is 0 Å². The number of pyridine rings is 1. The van der Waals surface area contributed by atoms with E-state index in [0.717, 1.165) is 11.3 Å². The second-order valence-corrected chi connectivity index (χ2v) is 5.43. The summed E-state index contributed by atoms with van der Waals surface area (Å²) < 4.78 is 40.6. The van der Waals surface area contributed by atoms with E-state index in [-0.39, 0.29) is 4.96 Å². The molecule has 0 radical (unpaired) electrons. The van der Waals surface area contributed by atoms with E-state index in [1.807, 2.05) is 0 Å². The fraction of sp³-hybridized carbons (Fsp3) is 0.0833. The van der Waals surface area contributed by atoms with Gasteiger partial charge in [-0.15, -0.1) is 10.2 Å². The maximum Gasteiger partial charge on any atom is 0.453 e. The first-order valence-electron chi connectivity index (χ1n) is 6.28. The van der Waals surface area contributed by atoms with Crippen LogP contribution in [0.5, 0.6) is 0 Å². The molecule has 0 bridgehead atoms. The lowest BCUT2D eigenvalue weighted by molar-refractivity contribution is -0.146. The minimum absolute atomic E-state index is 0.0727. The van der Waals surface area contributed by atoms with E-state index in [4.69, 9.17) is 0 Å². The fourth-order valence-electron chi connectivity index (χ4n) is 1.96. The molecule has 7 nitrogen and oxygen atoms in total. The Morgan fingerprint density at radius 2 is 2.00 bits per heavy atom. The molecule has 0 aliphatic carbocycles. The lowest BCUT2D eigenvalue weighted by Gasteiger charge is -2.01. The zero-order valence-electron chi connectivity index (χ0n) is 11.1. The molecule has 0 atom stereocenters. The van der Waals surface area contributed by atoms with Gasteiger partial charge in [-0.25, -0.2) is 9.67 Å². The number of hydrogen-bond donors (Lipinski definition) is 0. The monoisotopic (exact) mass is 337 g/mol. The second kappa shape index (κ2) is 4.84. The fourth-order valence-corrected chi connectivity index (χ4v) is 2.79. The van der Waals surface area contributed by atoms with Crippen LogP contribution in [0.15, 0.2) is 36.8 Å². The van der Waals surface area contributed by atoms with E-state index >= 15 is 0 Å². The van der Waals surface area contributed by atoms with Gasteiger partial charge in [0, 0.05) is 24.2 Å². The molecule has 0 aliphatic rings. The molecule has 0 amide bonds. The molecule has 0 unspecified atom stereocenters. The number of alkyl halides is 3. The van der Waals surface area contributed by atoms with Crippen LogP contribution >= 0.6 is 11.3 Å². The van der Waals surface area contributed by atoms with Crippen LogP contribution in [0.1, 0.15) is 5.82 Å². The van der Waals surface area contributed by atoms with Gasteiger partial charge in [0.1, 0.15) is 5.01 Å². The summed E-state index contributed by atoms with van der Waals surface area (Å²) >= 11 is 1.01. The van der Waals surface area contributed by atoms with Crippen molar-refractivity contribution in [3.8, 4) is 16.4 Å². The smallest absolute Gasteiger partial charge is 0.236 e. The first-order chi connectivity index (χ1) is 11.0. The maximum absolute atomic E-state index is 12.8. The predicted molar refractivity (Wildman–Crippen MR) is 74.0 cm³/mol. The Bertz CT molecular complexity index is 953. The third kappa shape index (κ3) is 2.34. The molecule has 0 saturated heterocycles. The summed E-state index contributed by atoms with van der Waals surface area (Å²) in [4.78, 5) is 4.30. The Morgan fingerprint density at radius 1 is 1.13 bits per heavy atom. The van der Waals surface area contributed by atoms with Crippen molar-refractivity contribution in [2.75, 3.05) is 0 Å². The highest BCUT2D eigenvalue weighted by Crippen LogP contribution is 2.31. The number of hydrogen-bond acceptors (Lipinski definition) is 6. The van der Waals surface area contributed by atoms with E-state index in [0.29, 0.717) is 20.9 Å². The van der Waals surface area contributed by atoms with E-state index in [9.17, 15) is 13.2 Å². The van der Waals surface area contributed by atoms with Crippen molar-refractivity contribution in [2.24, 2.45) is 0 Å². The standard InChI is InChI=1S/C12H6F3N7S/c13-12(14,15)10-18-19-11-22(10)20-9(23-11)7-2-3-8(16-6-7)21-5-1-4-17-21/h1-6H. The summed E-state index contributed by atoms with van der Waals surface area (Å²) in [7, 11) is 0. The number of fused-ring (bicyclic) bond motifs is 1. The topological polar surface area (TPSA) is 73.8 Å². The molecule has 116 valence electrons. The van der Waals surface area contributed by atoms with Gasteiger partial charge >= 0.3 is 6.18 Å². The van der Waals surface area contributed by atoms with E-state index in [1.165, 1.54) is 6.20 Å². The van der Waals surface area contributed by atoms with Crippen LogP contribution in [0.4, 0.5) is 13.2 Å². The predicted octanol–water partition coefficient (Wildman–Crippen LogP) is 2.45. The minimum atomic E-state index is -4.60. The van der Waals surface area contributed by atoms with Crippen molar-refractivity contribution in [1.82, 2.24) is 34.6 Å². The second-order valence-electron chi connectivity index (χ2n) is 4.48. The third-order valence-electron chi connectivity index (χ3n) is 2.98. The van der Waals surface area contributed by atoms with Gasteiger partial charge in [-0.1, -0.05) is 11.3 Å². The highest BCUT2D eigenvalue weighted by molar-refractivity contribution is 7.19. The Labute approximate surface area is 130 Å². The van der Waals surface area contributed by atoms with Crippen LogP contribution in [-0.2, 0) is 6.18 Å². The van der Waals surface area contributed by atoms with Crippen molar-refractivity contribution in [2.45, 2.75) is 6.18 Å². The van der Waals surface area contributed by atoms with Crippen LogP contribution in [0, 0.1) is 0 Å². The molecular weight excluding hydrogens is 331 g/mol. The summed E-state index contributed by atoms with van der Waals surface area (Å²) in [6.07, 6.45) is 0.279. The molecule has 4 aromatic heterocycles. The number of rotatable bonds is 2. The average Bonchev–Trinajstić information content (AvgIpc) is 3.22. The molecule has 0 N–H and O–H groups in total. The Hall–Kier alpha value is -2.82. The molecule has 0 aromatic carbocycles. The van der Waals surface area contributed by atoms with Crippen LogP contribution in [0.25, 0.3) is 21.3 Å². The highest BCUT2D eigenvalue weighted by Gasteiger charge is 2.38. The largest absolute Gasteiger partial charge is 0.453 e. The van der Waals surface area contributed by atoms with Gasteiger partial charge in [-0.3, -0.25) is 0 Å². The summed E-state index contributed by atoms with van der Waals surface area (Å²) in [6.45, 7) is 0. The summed E-state index contributed by atoms with van der Waals surface area (Å²) in [5, 5.41) is 15.0. The molecule has 4 aromatic rings. The van der Waals surface area contributed by atoms with Gasteiger partial charge in [0.15, 0.2) is 5.82 Å². The highest BCUT2D eigenvalue weighted by atomic mass is 32.1. The molecule has 23 heavy (non-hydrogen) atoms. The molecule has 11 heteroatoms. The zero-order chi connectivity index (χ0) is 16.0. The molecule has 0 saturated carbocycles. The van der Waals surface area contributed by atoms with Gasteiger partial charge < -0.3 is 0 Å². The molecule has 0 fully saturated rings. The van der Waals surface area contributed by atoms with Gasteiger partial charge in [-0.2, -0.15) is 27.9 Å². The van der Waals surface area contributed by atoms with E-state index in [2.05, 4.69) is 25.4 Å². The average molecular weight is 337 g/mol. The van der Waals surface area contributed by atoms with Gasteiger partial charge in [0.2, 0.25) is 4.96 Å². The number of aromatic nitrogens is 7. The normalized spacial score (nSPS) is 12.1. The Morgan fingerprint density at radius 3 is 2.65 bits per heavy atom. The summed E-state index contributed by atoms with van der Waals surface area (Å²) in [5.41, 5.74) is 0.588. The molecule has 4 heterocycles. The molecular formula is C12H6F3N7S. The quantitative estimate of drug-likeness (QED) is 0.562. The Kier molecular flexibility index (Phi) is 2.91. The number of nitrogens with zero attached hydrogens (tertiary/aromatic N) is 7. The summed E-state index contributed by atoms with van der Waals surface area (Å²) in [6, 6.07) is 5.18. The van der Waals surface area contributed by atoms with Crippen LogP contribution < -0.4 is 0 Å². The summed E-state index contributed by atoms with van der Waals surface area (Å²) in [5.74, 6) is -0.547. The Balaban J connectivity index is 1.73. The van der Waals surface area contributed by atoms with Gasteiger partial charge in [-0.05, 0) is 18.2 Å². The SMILES string of the molecule is FC(F)(F)c1nnc2sc(-c3ccc(-n4cccn4)nc3)nn12. The first kappa shape index (κ1) is 13.8. The van der Waals surface area contributed by atoms with E-state index in [1.54, 1.807) is 35.3 Å². The van der Waals surface area contributed by atoms with Gasteiger partial charge in [0.05, 0.1) is 0 Å². The van der Waals surface area contributed by atoms with Crippen molar-refractivity contribution in [3.63, 3.8) is 0 Å². The molecule has 0 aliphatic heterocycles. The van der Waals surface area contributed by atoms with Crippen LogP contribution in [-0.4, -0.2) is 34.6 Å². The third-order valence-corrected chi connectivity index (χ3v) is 3.93. The molecule has 0 spiro atoms. The molecule has 4 rings (SSSR count). The lowest BCUT2D eigenvalue weighted by Crippen LogP contribution is -2.11. The lowest BCUT2D eigenvalue weighted by atomic mass is 10.3. The van der Waals surface area contributed by atoms with Crippen molar-refractivity contribution in [1.29, 1.82) is 0 Å². The van der Waals surface area contributed by atoms with Gasteiger partial charge in [0.25, 0.3) is 5.82 Å². The van der Waals surface area contributed by atoms with Crippen molar-refractivity contribution >= 4 is 16.3 Å².